The molecule has 0 unspecified atom stereocenters. The fraction of sp³-hybridized carbons (Fsp3) is 0. The average Bonchev–Trinajstić information content (AvgIpc) is 2.39. The second-order valence-electron chi connectivity index (χ2n) is 3.51. The van der Waals surface area contributed by atoms with Gasteiger partial charge in [0.15, 0.2) is 6.29 Å². The Kier molecular flexibility index (Phi) is 3.74. The highest BCUT2D eigenvalue weighted by atomic mass is 32.2. The Bertz CT molecular complexity index is 584. The fourth-order valence-corrected chi connectivity index (χ4v) is 2.40. The van der Waals surface area contributed by atoms with Crippen LogP contribution < -0.4 is 0 Å². The normalized spacial score (nSPS) is 10.0. The van der Waals surface area contributed by atoms with Crippen molar-refractivity contribution >= 4 is 23.7 Å². The van der Waals surface area contributed by atoms with Gasteiger partial charge < -0.3 is 0 Å². The van der Waals surface area contributed by atoms with Crippen LogP contribution >= 0.6 is 11.8 Å². The predicted molar refractivity (Wildman–Crippen MR) is 69.0 cm³/mol. The van der Waals surface area contributed by atoms with Crippen LogP contribution in [0.1, 0.15) is 10.4 Å². The Hall–Kier alpha value is -2.14. The number of nitrogens with zero attached hydrogens (tertiary/aromatic N) is 1. The summed E-state index contributed by atoms with van der Waals surface area (Å²) in [6, 6.07) is 13.6. The van der Waals surface area contributed by atoms with Crippen LogP contribution in [-0.2, 0) is 0 Å². The van der Waals surface area contributed by atoms with Gasteiger partial charge in [0.1, 0.15) is 0 Å². The van der Waals surface area contributed by atoms with E-state index in [1.165, 1.54) is 30.0 Å². The van der Waals surface area contributed by atoms with Crippen molar-refractivity contribution in [2.45, 2.75) is 9.79 Å². The topological polar surface area (TPSA) is 60.2 Å². The largest absolute Gasteiger partial charge is 0.298 e. The molecule has 0 aliphatic heterocycles. The predicted octanol–water partition coefficient (Wildman–Crippen LogP) is 3.56. The standard InChI is InChI=1S/C13H9NO3S/c15-9-10-6-7-11(14(16)17)8-13(10)18-12-4-2-1-3-5-12/h1-9H. The molecular weight excluding hydrogens is 250 g/mol. The summed E-state index contributed by atoms with van der Waals surface area (Å²) in [6.07, 6.45) is 0.703. The lowest BCUT2D eigenvalue weighted by Crippen LogP contribution is -1.91. The van der Waals surface area contributed by atoms with Crippen LogP contribution in [0.25, 0.3) is 0 Å². The van der Waals surface area contributed by atoms with E-state index in [9.17, 15) is 14.9 Å². The van der Waals surface area contributed by atoms with Crippen molar-refractivity contribution in [3.63, 3.8) is 0 Å². The van der Waals surface area contributed by atoms with E-state index < -0.39 is 4.92 Å². The molecule has 0 aliphatic rings. The number of carbonyl (C=O) groups is 1. The third kappa shape index (κ3) is 2.75. The van der Waals surface area contributed by atoms with Crippen molar-refractivity contribution in [1.82, 2.24) is 0 Å². The molecule has 0 bridgehead atoms. The molecule has 0 heterocycles. The lowest BCUT2D eigenvalue weighted by molar-refractivity contribution is -0.385. The molecule has 0 fully saturated rings. The molecule has 0 amide bonds. The van der Waals surface area contributed by atoms with E-state index in [2.05, 4.69) is 0 Å². The SMILES string of the molecule is O=Cc1ccc([N+](=O)[O-])cc1Sc1ccccc1. The summed E-state index contributed by atoms with van der Waals surface area (Å²) >= 11 is 1.33. The summed E-state index contributed by atoms with van der Waals surface area (Å²) in [6.45, 7) is 0. The summed E-state index contributed by atoms with van der Waals surface area (Å²) in [5, 5.41) is 10.7. The van der Waals surface area contributed by atoms with Gasteiger partial charge in [0.25, 0.3) is 5.69 Å². The molecule has 5 heteroatoms. The van der Waals surface area contributed by atoms with Gasteiger partial charge in [-0.1, -0.05) is 30.0 Å². The van der Waals surface area contributed by atoms with Crippen molar-refractivity contribution < 1.29 is 9.72 Å². The van der Waals surface area contributed by atoms with Gasteiger partial charge in [-0.3, -0.25) is 14.9 Å². The Morgan fingerprint density at radius 2 is 1.83 bits per heavy atom. The number of benzene rings is 2. The maximum atomic E-state index is 10.9. The first-order valence-electron chi connectivity index (χ1n) is 5.17. The monoisotopic (exact) mass is 259 g/mol. The molecule has 2 aromatic carbocycles. The minimum Gasteiger partial charge on any atom is -0.298 e. The van der Waals surface area contributed by atoms with Gasteiger partial charge in [0, 0.05) is 27.5 Å². The van der Waals surface area contributed by atoms with Crippen molar-refractivity contribution in [3.05, 3.63) is 64.2 Å². The zero-order chi connectivity index (χ0) is 13.0. The number of hydrogen-bond acceptors (Lipinski definition) is 4. The van der Waals surface area contributed by atoms with Crippen LogP contribution in [0.5, 0.6) is 0 Å². The maximum absolute atomic E-state index is 10.9. The van der Waals surface area contributed by atoms with Gasteiger partial charge in [-0.05, 0) is 18.2 Å². The fourth-order valence-electron chi connectivity index (χ4n) is 1.44. The Morgan fingerprint density at radius 3 is 2.44 bits per heavy atom. The zero-order valence-corrected chi connectivity index (χ0v) is 10.1. The lowest BCUT2D eigenvalue weighted by atomic mass is 10.2. The van der Waals surface area contributed by atoms with Crippen LogP contribution in [0.4, 0.5) is 5.69 Å². The number of nitro benzene ring substituents is 1. The van der Waals surface area contributed by atoms with E-state index in [4.69, 9.17) is 0 Å². The highest BCUT2D eigenvalue weighted by Gasteiger charge is 2.11. The van der Waals surface area contributed by atoms with Crippen LogP contribution in [0.15, 0.2) is 58.3 Å². The summed E-state index contributed by atoms with van der Waals surface area (Å²) in [4.78, 5) is 22.7. The molecule has 18 heavy (non-hydrogen) atoms. The number of non-ortho nitro benzene ring substituents is 1. The first-order valence-corrected chi connectivity index (χ1v) is 5.99. The number of aldehydes is 1. The van der Waals surface area contributed by atoms with Crippen molar-refractivity contribution in [3.8, 4) is 0 Å². The van der Waals surface area contributed by atoms with E-state index in [-0.39, 0.29) is 5.69 Å². The third-order valence-corrected chi connectivity index (χ3v) is 3.39. The molecule has 0 radical (unpaired) electrons. The van der Waals surface area contributed by atoms with Crippen LogP contribution in [-0.4, -0.2) is 11.2 Å². The minimum absolute atomic E-state index is 0.0148. The zero-order valence-electron chi connectivity index (χ0n) is 9.28. The minimum atomic E-state index is -0.469. The van der Waals surface area contributed by atoms with Gasteiger partial charge in [-0.25, -0.2) is 0 Å². The number of hydrogen-bond donors (Lipinski definition) is 0. The smallest absolute Gasteiger partial charge is 0.270 e. The molecule has 0 saturated heterocycles. The summed E-state index contributed by atoms with van der Waals surface area (Å²) in [5.41, 5.74) is 0.438. The van der Waals surface area contributed by atoms with Crippen LogP contribution in [0, 0.1) is 10.1 Å². The molecule has 0 spiro atoms. The van der Waals surface area contributed by atoms with E-state index >= 15 is 0 Å². The molecule has 90 valence electrons. The second-order valence-corrected chi connectivity index (χ2v) is 4.63. The maximum Gasteiger partial charge on any atom is 0.270 e. The number of nitro groups is 1. The highest BCUT2D eigenvalue weighted by molar-refractivity contribution is 7.99. The van der Waals surface area contributed by atoms with E-state index in [0.717, 1.165) is 4.90 Å². The molecule has 0 aromatic heterocycles. The molecule has 0 N–H and O–H groups in total. The second kappa shape index (κ2) is 5.46. The van der Waals surface area contributed by atoms with E-state index in [1.807, 2.05) is 30.3 Å². The van der Waals surface area contributed by atoms with E-state index in [0.29, 0.717) is 16.7 Å². The van der Waals surface area contributed by atoms with Gasteiger partial charge in [0.05, 0.1) is 4.92 Å². The van der Waals surface area contributed by atoms with E-state index in [1.54, 1.807) is 0 Å². The molecule has 4 nitrogen and oxygen atoms in total. The van der Waals surface area contributed by atoms with Crippen molar-refractivity contribution in [1.29, 1.82) is 0 Å². The summed E-state index contributed by atoms with van der Waals surface area (Å²) < 4.78 is 0. The van der Waals surface area contributed by atoms with Gasteiger partial charge in [-0.2, -0.15) is 0 Å². The summed E-state index contributed by atoms with van der Waals surface area (Å²) in [7, 11) is 0. The lowest BCUT2D eigenvalue weighted by Gasteiger charge is -2.04. The Morgan fingerprint density at radius 1 is 1.11 bits per heavy atom. The van der Waals surface area contributed by atoms with Crippen LogP contribution in [0.3, 0.4) is 0 Å². The first-order chi connectivity index (χ1) is 8.70. The van der Waals surface area contributed by atoms with Crippen molar-refractivity contribution in [2.24, 2.45) is 0 Å². The van der Waals surface area contributed by atoms with Gasteiger partial charge in [-0.15, -0.1) is 0 Å². The number of rotatable bonds is 4. The molecule has 0 saturated carbocycles. The molecule has 0 aliphatic carbocycles. The van der Waals surface area contributed by atoms with Crippen LogP contribution in [0.2, 0.25) is 0 Å². The Balaban J connectivity index is 2.38. The molecule has 2 rings (SSSR count). The summed E-state index contributed by atoms with van der Waals surface area (Å²) in [5.74, 6) is 0. The van der Waals surface area contributed by atoms with Gasteiger partial charge in [0.2, 0.25) is 0 Å². The average molecular weight is 259 g/mol. The molecule has 2 aromatic rings. The third-order valence-electron chi connectivity index (χ3n) is 2.31. The highest BCUT2D eigenvalue weighted by Crippen LogP contribution is 2.32. The van der Waals surface area contributed by atoms with Crippen molar-refractivity contribution in [2.75, 3.05) is 0 Å². The molecule has 0 atom stereocenters. The Labute approximate surface area is 108 Å². The first kappa shape index (κ1) is 12.3. The molecular formula is C13H9NO3S. The van der Waals surface area contributed by atoms with Gasteiger partial charge >= 0.3 is 0 Å². The quantitative estimate of drug-likeness (QED) is 0.478. The number of carbonyl (C=O) groups excluding carboxylic acids is 1.